The minimum absolute atomic E-state index is 0.00231. The van der Waals surface area contributed by atoms with E-state index in [2.05, 4.69) is 14.9 Å². The summed E-state index contributed by atoms with van der Waals surface area (Å²) < 4.78 is 4.17. The van der Waals surface area contributed by atoms with E-state index >= 15 is 0 Å². The van der Waals surface area contributed by atoms with Gasteiger partial charge in [-0.15, -0.1) is 0 Å². The summed E-state index contributed by atoms with van der Waals surface area (Å²) in [5.74, 6) is -0.394. The molecule has 0 unspecified atom stereocenters. The minimum atomic E-state index is -0.376. The van der Waals surface area contributed by atoms with Gasteiger partial charge in [0, 0.05) is 0 Å². The molecule has 6 heteroatoms. The molecule has 1 rings (SSSR count). The number of rotatable bonds is 2. The van der Waals surface area contributed by atoms with Crippen molar-refractivity contribution in [2.45, 2.75) is 6.32 Å². The summed E-state index contributed by atoms with van der Waals surface area (Å²) >= 11 is 0. The van der Waals surface area contributed by atoms with E-state index in [9.17, 15) is 4.79 Å². The van der Waals surface area contributed by atoms with E-state index in [1.807, 2.05) is 0 Å². The number of nitrogen functional groups attached to an aromatic ring is 1. The van der Waals surface area contributed by atoms with Gasteiger partial charge in [0.2, 0.25) is 0 Å². The molecular weight excluding hydrogens is 133 g/mol. The van der Waals surface area contributed by atoms with E-state index in [0.29, 0.717) is 0 Å². The van der Waals surface area contributed by atoms with Crippen molar-refractivity contribution in [1.82, 2.24) is 10.3 Å². The maximum atomic E-state index is 10.7. The summed E-state index contributed by atoms with van der Waals surface area (Å²) in [5, 5.41) is 6.45. The highest BCUT2D eigenvalue weighted by Crippen LogP contribution is 2.05. The van der Waals surface area contributed by atoms with Gasteiger partial charge in [0.1, 0.15) is 0 Å². The first-order valence-electron chi connectivity index (χ1n) is 2.57. The fraction of sp³-hybridized carbons (Fsp3) is 0.250. The third-order valence-corrected chi connectivity index (χ3v) is 0.963. The second-order valence-corrected chi connectivity index (χ2v) is 1.63. The molecule has 50 valence electrons. The highest BCUT2D eigenvalue weighted by molar-refractivity contribution is 6.24. The maximum Gasteiger partial charge on any atom is 0.199 e. The Morgan fingerprint density at radius 3 is 2.80 bits per heavy atom. The molecule has 0 aromatic carbocycles. The average molecular weight is 137 g/mol. The van der Waals surface area contributed by atoms with Crippen molar-refractivity contribution in [2.75, 3.05) is 5.73 Å². The molecule has 0 spiro atoms. The fourth-order valence-corrected chi connectivity index (χ4v) is 0.486. The molecular formula is C4H4BN3O2. The van der Waals surface area contributed by atoms with Gasteiger partial charge in [0.15, 0.2) is 17.3 Å². The number of nitrogens with two attached hydrogens (primary N) is 1. The van der Waals surface area contributed by atoms with Crippen molar-refractivity contribution in [2.24, 2.45) is 0 Å². The van der Waals surface area contributed by atoms with Gasteiger partial charge in [-0.05, 0) is 16.6 Å². The smallest absolute Gasteiger partial charge is 0.199 e. The zero-order chi connectivity index (χ0) is 7.56. The van der Waals surface area contributed by atoms with Crippen molar-refractivity contribution in [3.8, 4) is 0 Å². The lowest BCUT2D eigenvalue weighted by Crippen LogP contribution is -2.01. The van der Waals surface area contributed by atoms with Crippen molar-refractivity contribution in [1.29, 1.82) is 0 Å². The zero-order valence-corrected chi connectivity index (χ0v) is 5.07. The number of aromatic nitrogens is 2. The molecule has 1 heterocycles. The summed E-state index contributed by atoms with van der Waals surface area (Å²) in [6, 6.07) is 0. The van der Waals surface area contributed by atoms with Gasteiger partial charge in [-0.25, -0.2) is 4.63 Å². The van der Waals surface area contributed by atoms with Crippen LogP contribution < -0.4 is 5.73 Å². The predicted molar refractivity (Wildman–Crippen MR) is 33.6 cm³/mol. The summed E-state index contributed by atoms with van der Waals surface area (Å²) in [5.41, 5.74) is 5.18. The molecule has 0 saturated heterocycles. The van der Waals surface area contributed by atoms with Gasteiger partial charge >= 0.3 is 0 Å². The van der Waals surface area contributed by atoms with E-state index in [-0.39, 0.29) is 23.6 Å². The van der Waals surface area contributed by atoms with Crippen LogP contribution in [0, 0.1) is 0 Å². The molecule has 0 aliphatic carbocycles. The molecule has 1 aromatic rings. The van der Waals surface area contributed by atoms with Gasteiger partial charge in [0.25, 0.3) is 0 Å². The minimum Gasteiger partial charge on any atom is -0.379 e. The van der Waals surface area contributed by atoms with Gasteiger partial charge in [-0.3, -0.25) is 4.79 Å². The Morgan fingerprint density at radius 1 is 1.70 bits per heavy atom. The van der Waals surface area contributed by atoms with Crippen molar-refractivity contribution >= 4 is 19.4 Å². The Labute approximate surface area is 58.0 Å². The lowest BCUT2D eigenvalue weighted by molar-refractivity contribution is 0.100. The second kappa shape index (κ2) is 2.51. The number of Topliss-reactive ketones (excluding diaryl/α,β-unsaturated/α-hetero) is 1. The van der Waals surface area contributed by atoms with Crippen LogP contribution in [0.1, 0.15) is 10.5 Å². The van der Waals surface area contributed by atoms with Crippen LogP contribution >= 0.6 is 0 Å². The molecule has 0 bridgehead atoms. The molecule has 0 amide bonds. The van der Waals surface area contributed by atoms with E-state index in [4.69, 9.17) is 13.6 Å². The summed E-state index contributed by atoms with van der Waals surface area (Å²) in [4.78, 5) is 10.7. The third-order valence-electron chi connectivity index (χ3n) is 0.963. The number of ketones is 1. The lowest BCUT2D eigenvalue weighted by atomic mass is 9.99. The lowest BCUT2D eigenvalue weighted by Gasteiger charge is -1.86. The highest BCUT2D eigenvalue weighted by atomic mass is 16.6. The number of hydrogen-bond acceptors (Lipinski definition) is 5. The van der Waals surface area contributed by atoms with Gasteiger partial charge in [-0.1, -0.05) is 0 Å². The van der Waals surface area contributed by atoms with Crippen molar-refractivity contribution in [3.63, 3.8) is 0 Å². The molecule has 10 heavy (non-hydrogen) atoms. The Morgan fingerprint density at radius 2 is 2.40 bits per heavy atom. The molecule has 0 aliphatic rings. The number of hydrogen-bond donors (Lipinski definition) is 1. The van der Waals surface area contributed by atoms with Crippen LogP contribution in [0.25, 0.3) is 0 Å². The number of carbonyl (C=O) groups excluding carboxylic acids is 1. The van der Waals surface area contributed by atoms with Crippen LogP contribution in [0.3, 0.4) is 0 Å². The van der Waals surface area contributed by atoms with Crippen LogP contribution in [-0.2, 0) is 0 Å². The van der Waals surface area contributed by atoms with Gasteiger partial charge in [-0.2, -0.15) is 0 Å². The number of carbonyl (C=O) groups is 1. The van der Waals surface area contributed by atoms with Gasteiger partial charge in [0.05, 0.1) is 7.85 Å². The number of nitrogens with zero attached hydrogens (tertiary/aromatic N) is 2. The molecule has 0 atom stereocenters. The summed E-state index contributed by atoms with van der Waals surface area (Å²) in [7, 11) is 5.02. The monoisotopic (exact) mass is 137 g/mol. The van der Waals surface area contributed by atoms with Crippen molar-refractivity contribution in [3.05, 3.63) is 5.69 Å². The van der Waals surface area contributed by atoms with Crippen LogP contribution in [0.4, 0.5) is 5.82 Å². The molecule has 2 radical (unpaired) electrons. The second-order valence-electron chi connectivity index (χ2n) is 1.63. The molecule has 5 nitrogen and oxygen atoms in total. The first kappa shape index (κ1) is 6.79. The molecule has 0 saturated carbocycles. The zero-order valence-electron chi connectivity index (χ0n) is 5.07. The third kappa shape index (κ3) is 0.998. The topological polar surface area (TPSA) is 82.0 Å². The Balaban J connectivity index is 2.93. The predicted octanol–water partition coefficient (Wildman–Crippen LogP) is -0.579. The highest BCUT2D eigenvalue weighted by Gasteiger charge is 2.12. The molecule has 1 aromatic heterocycles. The number of anilines is 1. The largest absolute Gasteiger partial charge is 0.379 e. The Kier molecular flexibility index (Phi) is 1.70. The van der Waals surface area contributed by atoms with E-state index in [1.54, 1.807) is 0 Å². The van der Waals surface area contributed by atoms with Gasteiger partial charge < -0.3 is 5.73 Å². The Bertz CT molecular complexity index is 246. The normalized spacial score (nSPS) is 9.60. The summed E-state index contributed by atoms with van der Waals surface area (Å²) in [6.45, 7) is 0. The van der Waals surface area contributed by atoms with Crippen LogP contribution in [-0.4, -0.2) is 23.9 Å². The van der Waals surface area contributed by atoms with E-state index in [0.717, 1.165) is 0 Å². The van der Waals surface area contributed by atoms with Crippen LogP contribution in [0.15, 0.2) is 4.63 Å². The van der Waals surface area contributed by atoms with Crippen molar-refractivity contribution < 1.29 is 9.42 Å². The molecule has 0 aliphatic heterocycles. The molecule has 0 fully saturated rings. The standard InChI is InChI=1S/C4H4BN3O2/c5-1-2(9)3-4(6)8-10-7-3/h1H2,(H2,6,8). The SMILES string of the molecule is [B]CC(=O)c1nonc1N. The van der Waals surface area contributed by atoms with E-state index < -0.39 is 0 Å². The quantitative estimate of drug-likeness (QED) is 0.435. The van der Waals surface area contributed by atoms with E-state index in [1.165, 1.54) is 0 Å². The van der Waals surface area contributed by atoms with Crippen LogP contribution in [0.5, 0.6) is 0 Å². The van der Waals surface area contributed by atoms with Crippen LogP contribution in [0.2, 0.25) is 6.32 Å². The summed E-state index contributed by atoms with van der Waals surface area (Å²) in [6.07, 6.45) is -0.140. The fourth-order valence-electron chi connectivity index (χ4n) is 0.486. The maximum absolute atomic E-state index is 10.7. The average Bonchev–Trinajstić information content (AvgIpc) is 2.34. The molecule has 2 N–H and O–H groups in total. The first-order chi connectivity index (χ1) is 4.75. The first-order valence-corrected chi connectivity index (χ1v) is 2.57. The Hall–Kier alpha value is -1.33.